The Morgan fingerprint density at radius 3 is 0.891 bits per heavy atom. The Morgan fingerprint density at radius 1 is 0.522 bits per heavy atom. The first-order valence-electron chi connectivity index (χ1n) is 18.1. The molecule has 0 saturated carbocycles. The lowest BCUT2D eigenvalue weighted by atomic mass is 10.0. The summed E-state index contributed by atoms with van der Waals surface area (Å²) in [5, 5.41) is 25.3. The third kappa shape index (κ3) is 55.2. The minimum absolute atomic E-state index is 0. The van der Waals surface area contributed by atoms with Crippen LogP contribution in [0.4, 0.5) is 0 Å². The van der Waals surface area contributed by atoms with Crippen molar-refractivity contribution in [1.29, 1.82) is 0 Å². The summed E-state index contributed by atoms with van der Waals surface area (Å²) >= 11 is 0. The van der Waals surface area contributed by atoms with Crippen molar-refractivity contribution in [2.24, 2.45) is 0 Å². The first-order valence-corrected chi connectivity index (χ1v) is 19.5. The Kier molecular flexibility index (Phi) is 46.8. The minimum Gasteiger partial charge on any atom is -0.481 e. The molecule has 10 nitrogen and oxygen atoms in total. The fourth-order valence-electron chi connectivity index (χ4n) is 4.80. The van der Waals surface area contributed by atoms with E-state index < -0.39 is 28.6 Å². The van der Waals surface area contributed by atoms with Crippen molar-refractivity contribution in [2.75, 3.05) is 7.11 Å². The first-order chi connectivity index (χ1) is 21.5. The predicted molar refractivity (Wildman–Crippen MR) is 190 cm³/mol. The molecule has 0 heterocycles. The zero-order valence-corrected chi connectivity index (χ0v) is 31.1. The van der Waals surface area contributed by atoms with Crippen LogP contribution in [0.25, 0.3) is 0 Å². The smallest absolute Gasteiger partial charge is 0.402 e. The molecule has 0 rings (SSSR count). The summed E-state index contributed by atoms with van der Waals surface area (Å²) in [6.07, 6.45) is 33.2. The van der Waals surface area contributed by atoms with Gasteiger partial charge in [-0.25, -0.2) is 4.18 Å². The molecule has 0 aliphatic rings. The normalized spacial score (nSPS) is 11.4. The number of rotatable bonds is 31. The van der Waals surface area contributed by atoms with Gasteiger partial charge in [0.05, 0.1) is 7.11 Å². The van der Waals surface area contributed by atoms with Gasteiger partial charge >= 0.3 is 22.3 Å². The standard InChI is InChI=1S/2C16H32O2.C3H8O5S.H3N/c2*1-2-3-4-5-6-7-8-9-10-11-12-13-14-15-16(17)18;1-3(4)8-9(5,6)7-2;/h2*2-15H2,1H3,(H,17,18);3-4H,1-2H3;1H3. The molecule has 0 spiro atoms. The lowest BCUT2D eigenvalue weighted by molar-refractivity contribution is -0.138. The van der Waals surface area contributed by atoms with E-state index in [-0.39, 0.29) is 6.15 Å². The maximum absolute atomic E-state index is 10.3. The Morgan fingerprint density at radius 2 is 0.739 bits per heavy atom. The van der Waals surface area contributed by atoms with Crippen LogP contribution in [0.5, 0.6) is 0 Å². The average Bonchev–Trinajstić information content (AvgIpc) is 2.97. The molecular weight excluding hydrogens is 610 g/mol. The number of aliphatic hydroxyl groups is 1. The number of carboxylic acids is 2. The van der Waals surface area contributed by atoms with E-state index in [1.54, 1.807) is 0 Å². The second-order valence-corrected chi connectivity index (χ2v) is 13.4. The Bertz CT molecular complexity index is 679. The summed E-state index contributed by atoms with van der Waals surface area (Å²) in [5.74, 6) is -1.31. The van der Waals surface area contributed by atoms with E-state index in [4.69, 9.17) is 15.3 Å². The predicted octanol–water partition coefficient (Wildman–Crippen LogP) is 10.5. The summed E-state index contributed by atoms with van der Waals surface area (Å²) in [6.45, 7) is 5.68. The molecule has 0 aromatic carbocycles. The van der Waals surface area contributed by atoms with Gasteiger partial charge in [0.25, 0.3) is 0 Å². The monoisotopic (exact) mass is 686 g/mol. The van der Waals surface area contributed by atoms with Crippen LogP contribution in [0.3, 0.4) is 0 Å². The zero-order valence-electron chi connectivity index (χ0n) is 30.3. The van der Waals surface area contributed by atoms with Gasteiger partial charge in [-0.05, 0) is 19.8 Å². The van der Waals surface area contributed by atoms with Gasteiger partial charge in [-0.2, -0.15) is 8.42 Å². The largest absolute Gasteiger partial charge is 0.481 e. The van der Waals surface area contributed by atoms with Crippen molar-refractivity contribution >= 4 is 22.3 Å². The molecule has 0 radical (unpaired) electrons. The van der Waals surface area contributed by atoms with Crippen LogP contribution >= 0.6 is 0 Å². The molecule has 0 aromatic rings. The molecule has 11 heteroatoms. The maximum Gasteiger partial charge on any atom is 0.402 e. The van der Waals surface area contributed by atoms with E-state index >= 15 is 0 Å². The van der Waals surface area contributed by atoms with Crippen LogP contribution in [0, 0.1) is 0 Å². The molecule has 0 saturated heterocycles. The van der Waals surface area contributed by atoms with Crippen molar-refractivity contribution in [3.05, 3.63) is 0 Å². The van der Waals surface area contributed by atoms with Gasteiger partial charge in [0.2, 0.25) is 0 Å². The summed E-state index contributed by atoms with van der Waals surface area (Å²) in [4.78, 5) is 20.6. The van der Waals surface area contributed by atoms with Gasteiger partial charge in [0.1, 0.15) is 0 Å². The SMILES string of the molecule is CCCCCCCCCCCCCCCC(=O)O.CCCCCCCCCCCCCCCC(=O)O.COS(=O)(=O)OC(C)O.N. The van der Waals surface area contributed by atoms with E-state index in [0.717, 1.165) is 39.7 Å². The maximum atomic E-state index is 10.3. The van der Waals surface area contributed by atoms with Crippen molar-refractivity contribution in [3.8, 4) is 0 Å². The van der Waals surface area contributed by atoms with Crippen molar-refractivity contribution in [3.63, 3.8) is 0 Å². The molecular formula is C35H75NO9S. The molecule has 46 heavy (non-hydrogen) atoms. The van der Waals surface area contributed by atoms with Crippen molar-refractivity contribution in [2.45, 2.75) is 207 Å². The molecule has 1 unspecified atom stereocenters. The molecule has 0 bridgehead atoms. The summed E-state index contributed by atoms with van der Waals surface area (Å²) in [5.41, 5.74) is 0. The van der Waals surface area contributed by atoms with Crippen LogP contribution in [0.2, 0.25) is 0 Å². The molecule has 1 atom stereocenters. The van der Waals surface area contributed by atoms with Crippen LogP contribution in [-0.2, 0) is 28.4 Å². The molecule has 0 aliphatic heterocycles. The second kappa shape index (κ2) is 41.8. The van der Waals surface area contributed by atoms with Crippen LogP contribution in [-0.4, -0.2) is 49.1 Å². The first kappa shape index (κ1) is 51.6. The number of aliphatic hydroxyl groups excluding tert-OH is 1. The fraction of sp³-hybridized carbons (Fsp3) is 0.943. The molecule has 0 aromatic heterocycles. The van der Waals surface area contributed by atoms with Crippen LogP contribution in [0.1, 0.15) is 201 Å². The van der Waals surface area contributed by atoms with E-state index in [2.05, 4.69) is 22.2 Å². The third-order valence-corrected chi connectivity index (χ3v) is 8.37. The lowest BCUT2D eigenvalue weighted by Crippen LogP contribution is -2.15. The van der Waals surface area contributed by atoms with Gasteiger partial charge in [-0.15, -0.1) is 0 Å². The van der Waals surface area contributed by atoms with Crippen molar-refractivity contribution in [1.82, 2.24) is 6.15 Å². The summed E-state index contributed by atoms with van der Waals surface area (Å²) in [6, 6.07) is 0. The number of hydrogen-bond acceptors (Lipinski definition) is 8. The fourth-order valence-corrected chi connectivity index (χ4v) is 5.22. The quantitative estimate of drug-likeness (QED) is 0.0404. The van der Waals surface area contributed by atoms with Gasteiger partial charge in [0, 0.05) is 12.8 Å². The van der Waals surface area contributed by atoms with E-state index in [1.165, 1.54) is 141 Å². The number of hydrogen-bond donors (Lipinski definition) is 4. The van der Waals surface area contributed by atoms with Crippen LogP contribution < -0.4 is 6.15 Å². The van der Waals surface area contributed by atoms with Gasteiger partial charge in [-0.3, -0.25) is 13.8 Å². The van der Waals surface area contributed by atoms with Crippen LogP contribution in [0.15, 0.2) is 0 Å². The summed E-state index contributed by atoms with van der Waals surface area (Å²) < 4.78 is 28.1. The highest BCUT2D eigenvalue weighted by Gasteiger charge is 2.11. The zero-order chi connectivity index (χ0) is 34.4. The minimum atomic E-state index is -3.97. The van der Waals surface area contributed by atoms with E-state index in [9.17, 15) is 18.0 Å². The Hall–Kier alpha value is -1.27. The Labute approximate surface area is 283 Å². The molecule has 0 aliphatic carbocycles. The number of carbonyl (C=O) groups is 2. The number of unbranched alkanes of at least 4 members (excludes halogenated alkanes) is 24. The molecule has 0 fully saturated rings. The molecule has 0 amide bonds. The highest BCUT2D eigenvalue weighted by atomic mass is 32.3. The van der Waals surface area contributed by atoms with Gasteiger partial charge in [0.15, 0.2) is 6.29 Å². The average molecular weight is 686 g/mol. The Balaban J connectivity index is -0.000000300. The van der Waals surface area contributed by atoms with E-state index in [0.29, 0.717) is 12.8 Å². The summed E-state index contributed by atoms with van der Waals surface area (Å²) in [7, 11) is -3.03. The van der Waals surface area contributed by atoms with Gasteiger partial charge < -0.3 is 21.5 Å². The third-order valence-electron chi connectivity index (χ3n) is 7.45. The van der Waals surface area contributed by atoms with Crippen molar-refractivity contribution < 1.29 is 41.7 Å². The second-order valence-electron chi connectivity index (χ2n) is 12.0. The van der Waals surface area contributed by atoms with E-state index in [1.807, 2.05) is 0 Å². The topological polar surface area (TPSA) is 182 Å². The van der Waals surface area contributed by atoms with Gasteiger partial charge in [-0.1, -0.05) is 168 Å². The molecule has 280 valence electrons. The highest BCUT2D eigenvalue weighted by Crippen LogP contribution is 2.14. The molecule has 6 N–H and O–H groups in total. The number of aliphatic carboxylic acids is 2. The lowest BCUT2D eigenvalue weighted by Gasteiger charge is -2.02. The number of carboxylic acid groups (broad SMARTS) is 2. The highest BCUT2D eigenvalue weighted by molar-refractivity contribution is 7.81.